The zero-order valence-corrected chi connectivity index (χ0v) is 31.3. The van der Waals surface area contributed by atoms with Gasteiger partial charge < -0.3 is 15.0 Å². The number of hydrogen-bond donors (Lipinski definition) is 1. The van der Waals surface area contributed by atoms with Gasteiger partial charge in [-0.25, -0.2) is 4.98 Å². The van der Waals surface area contributed by atoms with E-state index in [1.165, 1.54) is 109 Å². The lowest BCUT2D eigenvalue weighted by molar-refractivity contribution is 0.434. The van der Waals surface area contributed by atoms with Crippen LogP contribution in [0.1, 0.15) is 104 Å². The Hall–Kier alpha value is -5.81. The molecule has 0 spiro atoms. The van der Waals surface area contributed by atoms with Gasteiger partial charge in [0.05, 0.1) is 22.4 Å². The van der Waals surface area contributed by atoms with Crippen LogP contribution in [0, 0.1) is 0 Å². The highest BCUT2D eigenvalue weighted by atomic mass is 16.5. The fourth-order valence-electron chi connectivity index (χ4n) is 10.4. The molecule has 5 heteroatoms. The molecule has 0 saturated heterocycles. The number of aromatic nitrogens is 2. The first kappa shape index (κ1) is 32.6. The first-order valence-electron chi connectivity index (χ1n) is 20.5. The van der Waals surface area contributed by atoms with E-state index in [0.717, 1.165) is 28.4 Å². The van der Waals surface area contributed by atoms with E-state index in [4.69, 9.17) is 9.72 Å². The summed E-state index contributed by atoms with van der Waals surface area (Å²) >= 11 is 0. The molecule has 5 nitrogen and oxygen atoms in total. The van der Waals surface area contributed by atoms with Crippen LogP contribution in [0.25, 0.3) is 44.4 Å². The molecule has 2 aliphatic carbocycles. The molecule has 0 bridgehead atoms. The third-order valence-electron chi connectivity index (χ3n) is 12.9. The van der Waals surface area contributed by atoms with Crippen molar-refractivity contribution in [2.24, 2.45) is 0 Å². The molecule has 272 valence electrons. The Kier molecular flexibility index (Phi) is 8.00. The van der Waals surface area contributed by atoms with Gasteiger partial charge in [-0.15, -0.1) is 0 Å². The van der Waals surface area contributed by atoms with Crippen molar-refractivity contribution in [3.8, 4) is 28.4 Å². The average Bonchev–Trinajstić information content (AvgIpc) is 3.84. The minimum Gasteiger partial charge on any atom is -0.457 e. The van der Waals surface area contributed by atoms with E-state index in [2.05, 4.69) is 130 Å². The molecule has 5 aromatic carbocycles. The Morgan fingerprint density at radius 3 is 2.04 bits per heavy atom. The fourth-order valence-corrected chi connectivity index (χ4v) is 10.4. The van der Waals surface area contributed by atoms with Crippen molar-refractivity contribution >= 4 is 33.2 Å². The summed E-state index contributed by atoms with van der Waals surface area (Å²) < 4.78 is 9.02. The molecule has 2 aromatic heterocycles. The van der Waals surface area contributed by atoms with Crippen LogP contribution in [0.5, 0.6) is 11.5 Å². The predicted molar refractivity (Wildman–Crippen MR) is 225 cm³/mol. The molecule has 0 radical (unpaired) electrons. The van der Waals surface area contributed by atoms with Crippen LogP contribution in [0.15, 0.2) is 134 Å². The van der Waals surface area contributed by atoms with Crippen molar-refractivity contribution < 1.29 is 4.74 Å². The topological polar surface area (TPSA) is 42.3 Å². The van der Waals surface area contributed by atoms with Gasteiger partial charge in [-0.1, -0.05) is 105 Å². The van der Waals surface area contributed by atoms with E-state index in [0.29, 0.717) is 11.8 Å². The number of rotatable bonds is 6. The van der Waals surface area contributed by atoms with Crippen molar-refractivity contribution in [3.63, 3.8) is 0 Å². The van der Waals surface area contributed by atoms with Gasteiger partial charge in [0.2, 0.25) is 0 Å². The Morgan fingerprint density at radius 1 is 0.564 bits per heavy atom. The zero-order chi connectivity index (χ0) is 36.3. The number of fused-ring (bicyclic) bond motifs is 9. The lowest BCUT2D eigenvalue weighted by atomic mass is 9.75. The molecule has 4 aliphatic rings. The number of hydrogen-bond acceptors (Lipinski definition) is 4. The summed E-state index contributed by atoms with van der Waals surface area (Å²) in [6.45, 7) is 0. The molecule has 11 rings (SSSR count). The molecule has 2 aliphatic heterocycles. The minimum atomic E-state index is -0.0313. The van der Waals surface area contributed by atoms with E-state index >= 15 is 0 Å². The van der Waals surface area contributed by atoms with Crippen molar-refractivity contribution in [3.05, 3.63) is 156 Å². The molecule has 1 unspecified atom stereocenters. The molecule has 1 atom stereocenters. The average molecular weight is 719 g/mol. The van der Waals surface area contributed by atoms with Crippen LogP contribution < -0.4 is 15.0 Å². The molecule has 2 fully saturated rings. The number of para-hydroxylation sites is 2. The van der Waals surface area contributed by atoms with Crippen LogP contribution >= 0.6 is 0 Å². The van der Waals surface area contributed by atoms with Gasteiger partial charge in [0.15, 0.2) is 0 Å². The van der Waals surface area contributed by atoms with Crippen LogP contribution in [0.3, 0.4) is 0 Å². The van der Waals surface area contributed by atoms with Crippen molar-refractivity contribution in [2.45, 2.75) is 82.2 Å². The van der Waals surface area contributed by atoms with E-state index in [1.807, 2.05) is 18.3 Å². The summed E-state index contributed by atoms with van der Waals surface area (Å²) in [6, 6.07) is 44.0. The predicted octanol–water partition coefficient (Wildman–Crippen LogP) is 13.2. The number of benzene rings is 5. The molecule has 0 amide bonds. The Morgan fingerprint density at radius 2 is 1.25 bits per heavy atom. The van der Waals surface area contributed by atoms with Crippen molar-refractivity contribution in [1.82, 2.24) is 14.9 Å². The highest BCUT2D eigenvalue weighted by molar-refractivity contribution is 6.09. The molecule has 4 heterocycles. The molecule has 55 heavy (non-hydrogen) atoms. The SMILES string of the molecule is C1=C(c2c(C3CCCCC3)cccc2C2CCCCC2)N2c3ccccc3-c3ccc(Oc4ccc5c6ccccc6n(-c6ccccn6)c5c4)cc3C2N1. The molecular weight excluding hydrogens is 673 g/mol. The standard InChI is InChI=1S/C50H46N4O/c1-3-14-33(15-4-1)37-20-13-21-38(34-16-5-2-6-17-34)49(37)47-32-52-50-43-30-35(25-27-39(43)40-18-7-10-23-45(40)54(47)50)55-36-26-28-42-41-19-8-9-22-44(41)53(46(42)31-36)48-24-11-12-29-51-48/h7-13,18-34,50,52H,1-6,14-17H2. The fraction of sp³-hybridized carbons (Fsp3) is 0.260. The number of anilines is 1. The summed E-state index contributed by atoms with van der Waals surface area (Å²) in [5.41, 5.74) is 13.2. The lowest BCUT2D eigenvalue weighted by Crippen LogP contribution is -2.32. The van der Waals surface area contributed by atoms with Crippen LogP contribution in [0.2, 0.25) is 0 Å². The Balaban J connectivity index is 0.997. The second kappa shape index (κ2) is 13.5. The summed E-state index contributed by atoms with van der Waals surface area (Å²) in [5.74, 6) is 3.77. The van der Waals surface area contributed by atoms with Gasteiger partial charge in [-0.05, 0) is 103 Å². The maximum absolute atomic E-state index is 6.79. The second-order valence-corrected chi connectivity index (χ2v) is 16.0. The lowest BCUT2D eigenvalue weighted by Gasteiger charge is -2.39. The highest BCUT2D eigenvalue weighted by Crippen LogP contribution is 2.53. The number of ether oxygens (including phenoxy) is 1. The van der Waals surface area contributed by atoms with E-state index in [1.54, 1.807) is 11.1 Å². The molecule has 1 N–H and O–H groups in total. The van der Waals surface area contributed by atoms with Crippen molar-refractivity contribution in [2.75, 3.05) is 4.90 Å². The third kappa shape index (κ3) is 5.46. The monoisotopic (exact) mass is 718 g/mol. The smallest absolute Gasteiger partial charge is 0.137 e. The zero-order valence-electron chi connectivity index (χ0n) is 31.3. The van der Waals surface area contributed by atoms with Gasteiger partial charge in [-0.3, -0.25) is 4.57 Å². The molecular formula is C50H46N4O. The number of pyridine rings is 1. The minimum absolute atomic E-state index is 0.0313. The van der Waals surface area contributed by atoms with Gasteiger partial charge in [0.1, 0.15) is 23.5 Å². The molecule has 7 aromatic rings. The maximum atomic E-state index is 6.79. The number of nitrogens with one attached hydrogen (secondary N) is 1. The first-order valence-corrected chi connectivity index (χ1v) is 20.5. The first-order chi connectivity index (χ1) is 27.3. The van der Waals surface area contributed by atoms with E-state index in [-0.39, 0.29) is 6.17 Å². The Labute approximate surface area is 323 Å². The van der Waals surface area contributed by atoms with Gasteiger partial charge in [0.25, 0.3) is 0 Å². The largest absolute Gasteiger partial charge is 0.457 e. The summed E-state index contributed by atoms with van der Waals surface area (Å²) in [6.07, 6.45) is 17.4. The number of nitrogens with zero attached hydrogens (tertiary/aromatic N) is 3. The van der Waals surface area contributed by atoms with Gasteiger partial charge in [-0.2, -0.15) is 0 Å². The van der Waals surface area contributed by atoms with E-state index < -0.39 is 0 Å². The van der Waals surface area contributed by atoms with Crippen molar-refractivity contribution in [1.29, 1.82) is 0 Å². The normalized spacial score (nSPS) is 18.4. The van der Waals surface area contributed by atoms with Gasteiger partial charge >= 0.3 is 0 Å². The Bertz CT molecular complexity index is 2550. The second-order valence-electron chi connectivity index (χ2n) is 16.0. The quantitative estimate of drug-likeness (QED) is 0.186. The summed E-state index contributed by atoms with van der Waals surface area (Å²) in [7, 11) is 0. The third-order valence-corrected chi connectivity index (χ3v) is 12.9. The highest BCUT2D eigenvalue weighted by Gasteiger charge is 2.39. The summed E-state index contributed by atoms with van der Waals surface area (Å²) in [4.78, 5) is 7.33. The van der Waals surface area contributed by atoms with E-state index in [9.17, 15) is 0 Å². The van der Waals surface area contributed by atoms with Crippen LogP contribution in [0.4, 0.5) is 5.69 Å². The summed E-state index contributed by atoms with van der Waals surface area (Å²) in [5, 5.41) is 6.30. The van der Waals surface area contributed by atoms with Crippen LogP contribution in [-0.4, -0.2) is 9.55 Å². The molecule has 2 saturated carbocycles. The van der Waals surface area contributed by atoms with Crippen LogP contribution in [-0.2, 0) is 0 Å². The van der Waals surface area contributed by atoms with Gasteiger partial charge in [0, 0.05) is 45.9 Å². The maximum Gasteiger partial charge on any atom is 0.137 e.